The summed E-state index contributed by atoms with van der Waals surface area (Å²) in [5.74, 6) is 1.03. The lowest BCUT2D eigenvalue weighted by Crippen LogP contribution is -2.39. The van der Waals surface area contributed by atoms with Gasteiger partial charge in [0, 0.05) is 6.20 Å². The number of hydrogen-bond donors (Lipinski definition) is 0. The number of esters is 1. The van der Waals surface area contributed by atoms with Gasteiger partial charge in [-0.25, -0.2) is 9.79 Å². The van der Waals surface area contributed by atoms with Crippen LogP contribution in [-0.2, 0) is 9.53 Å². The van der Waals surface area contributed by atoms with Gasteiger partial charge in [-0.15, -0.1) is 0 Å². The van der Waals surface area contributed by atoms with E-state index < -0.39 is 12.0 Å². The zero-order chi connectivity index (χ0) is 25.8. The topological polar surface area (TPSA) is 79.1 Å². The second kappa shape index (κ2) is 11.0. The molecule has 7 nitrogen and oxygen atoms in total. The first-order valence-electron chi connectivity index (χ1n) is 12.0. The summed E-state index contributed by atoms with van der Waals surface area (Å²) in [6.45, 7) is 9.00. The molecule has 0 saturated carbocycles. The normalized spacial score (nSPS) is 15.2. The van der Waals surface area contributed by atoms with Crippen LogP contribution in [0.15, 0.2) is 64.0 Å². The van der Waals surface area contributed by atoms with Gasteiger partial charge >= 0.3 is 5.97 Å². The maximum absolute atomic E-state index is 13.7. The molecule has 1 aliphatic rings. The fourth-order valence-electron chi connectivity index (χ4n) is 4.12. The maximum Gasteiger partial charge on any atom is 0.337 e. The van der Waals surface area contributed by atoms with Gasteiger partial charge < -0.3 is 14.2 Å². The van der Waals surface area contributed by atoms with Crippen molar-refractivity contribution in [1.29, 1.82) is 0 Å². The lowest BCUT2D eigenvalue weighted by molar-refractivity contribution is -0.136. The quantitative estimate of drug-likeness (QED) is 0.433. The first kappa shape index (κ1) is 25.4. The average molecular weight is 507 g/mol. The smallest absolute Gasteiger partial charge is 0.337 e. The Bertz CT molecular complexity index is 1470. The number of nitrogens with zero attached hydrogens (tertiary/aromatic N) is 2. The minimum atomic E-state index is -0.714. The van der Waals surface area contributed by atoms with Gasteiger partial charge in [0.15, 0.2) is 16.3 Å². The third kappa shape index (κ3) is 4.99. The van der Waals surface area contributed by atoms with Crippen molar-refractivity contribution in [3.63, 3.8) is 0 Å². The lowest BCUT2D eigenvalue weighted by atomic mass is 9.97. The number of fused-ring (bicyclic) bond motifs is 1. The van der Waals surface area contributed by atoms with Gasteiger partial charge in [-0.05, 0) is 54.7 Å². The summed E-state index contributed by atoms with van der Waals surface area (Å²) in [7, 11) is 1.32. The summed E-state index contributed by atoms with van der Waals surface area (Å²) in [5, 5.41) is 0. The molecule has 0 N–H and O–H groups in total. The first-order chi connectivity index (χ1) is 17.4. The largest absolute Gasteiger partial charge is 0.490 e. The van der Waals surface area contributed by atoms with E-state index in [9.17, 15) is 9.59 Å². The number of ether oxygens (including phenoxy) is 3. The number of benzene rings is 2. The fourth-order valence-corrected chi connectivity index (χ4v) is 5.09. The predicted molar refractivity (Wildman–Crippen MR) is 140 cm³/mol. The minimum absolute atomic E-state index is 0.224. The van der Waals surface area contributed by atoms with E-state index in [1.54, 1.807) is 10.6 Å². The standard InChI is InChI=1S/C28H30N2O5S/c1-6-34-22-13-12-20(15-23(22)35-7-2)25-21(27(32)33-5)16-29-28-30(25)26(31)24(36-28)14-18-8-10-19(11-9-18)17(3)4/h8-17,25H,6-7H2,1-5H3/b24-14-/t25-/m1/s1. The van der Waals surface area contributed by atoms with Gasteiger partial charge in [-0.3, -0.25) is 9.36 Å². The van der Waals surface area contributed by atoms with Crippen LogP contribution in [0.3, 0.4) is 0 Å². The molecular formula is C28H30N2O5S. The van der Waals surface area contributed by atoms with E-state index in [-0.39, 0.29) is 11.1 Å². The second-order valence-corrected chi connectivity index (χ2v) is 9.58. The molecule has 1 aliphatic heterocycles. The van der Waals surface area contributed by atoms with Crippen LogP contribution in [0.1, 0.15) is 56.3 Å². The average Bonchev–Trinajstić information content (AvgIpc) is 3.19. The van der Waals surface area contributed by atoms with Crippen LogP contribution >= 0.6 is 11.3 Å². The first-order valence-corrected chi connectivity index (χ1v) is 12.8. The van der Waals surface area contributed by atoms with Crippen molar-refractivity contribution in [1.82, 2.24) is 4.57 Å². The van der Waals surface area contributed by atoms with Crippen LogP contribution in [0.25, 0.3) is 6.08 Å². The van der Waals surface area contributed by atoms with E-state index in [0.717, 1.165) is 5.56 Å². The molecule has 3 aromatic rings. The summed E-state index contributed by atoms with van der Waals surface area (Å²) in [6, 6.07) is 12.9. The predicted octanol–water partition coefficient (Wildman–Crippen LogP) is 3.94. The number of hydrogen-bond acceptors (Lipinski definition) is 7. The molecule has 0 bridgehead atoms. The number of aromatic nitrogens is 1. The van der Waals surface area contributed by atoms with Crippen LogP contribution in [-0.4, -0.2) is 30.9 Å². The zero-order valence-corrected chi connectivity index (χ0v) is 21.9. The molecule has 0 radical (unpaired) electrons. The molecule has 0 saturated heterocycles. The monoisotopic (exact) mass is 506 g/mol. The highest BCUT2D eigenvalue weighted by Gasteiger charge is 2.31. The van der Waals surface area contributed by atoms with Crippen molar-refractivity contribution in [2.45, 2.75) is 39.7 Å². The van der Waals surface area contributed by atoms with Gasteiger partial charge in [0.05, 0.1) is 36.5 Å². The SMILES string of the molecule is CCOc1ccc([C@@H]2C(C(=O)OC)=CN=c3s/c(=C\c4ccc(C(C)C)cc4)c(=O)n32)cc1OCC. The van der Waals surface area contributed by atoms with E-state index in [2.05, 4.69) is 31.0 Å². The lowest BCUT2D eigenvalue weighted by Gasteiger charge is -2.23. The molecule has 188 valence electrons. The highest BCUT2D eigenvalue weighted by molar-refractivity contribution is 7.07. The van der Waals surface area contributed by atoms with Gasteiger partial charge in [0.25, 0.3) is 5.56 Å². The Labute approximate surface area is 214 Å². The Hall–Kier alpha value is -3.65. The molecule has 0 aliphatic carbocycles. The number of carbonyl (C=O) groups is 1. The second-order valence-electron chi connectivity index (χ2n) is 8.57. The molecule has 0 spiro atoms. The summed E-state index contributed by atoms with van der Waals surface area (Å²) in [6.07, 6.45) is 3.34. The van der Waals surface area contributed by atoms with Crippen molar-refractivity contribution in [3.8, 4) is 11.5 Å². The molecule has 1 aromatic heterocycles. The third-order valence-electron chi connectivity index (χ3n) is 5.91. The van der Waals surface area contributed by atoms with Crippen LogP contribution in [0, 0.1) is 0 Å². The Morgan fingerprint density at radius 2 is 1.78 bits per heavy atom. The van der Waals surface area contributed by atoms with E-state index >= 15 is 0 Å². The molecule has 1 atom stereocenters. The Morgan fingerprint density at radius 3 is 2.42 bits per heavy atom. The summed E-state index contributed by atoms with van der Waals surface area (Å²) in [5.41, 5.74) is 2.90. The van der Waals surface area contributed by atoms with Crippen molar-refractivity contribution in [2.75, 3.05) is 20.3 Å². The molecule has 4 rings (SSSR count). The van der Waals surface area contributed by atoms with Crippen LogP contribution in [0.4, 0.5) is 0 Å². The number of rotatable bonds is 8. The molecule has 2 aromatic carbocycles. The number of carbonyl (C=O) groups excluding carboxylic acids is 1. The third-order valence-corrected chi connectivity index (χ3v) is 6.91. The summed E-state index contributed by atoms with van der Waals surface area (Å²) >= 11 is 1.29. The fraction of sp³-hybridized carbons (Fsp3) is 0.321. The van der Waals surface area contributed by atoms with E-state index in [1.807, 2.05) is 44.2 Å². The van der Waals surface area contributed by atoms with Crippen molar-refractivity contribution < 1.29 is 19.0 Å². The highest BCUT2D eigenvalue weighted by Crippen LogP contribution is 2.35. The zero-order valence-electron chi connectivity index (χ0n) is 21.1. The van der Waals surface area contributed by atoms with Gasteiger partial charge in [-0.2, -0.15) is 0 Å². The highest BCUT2D eigenvalue weighted by atomic mass is 32.1. The molecule has 0 unspecified atom stereocenters. The minimum Gasteiger partial charge on any atom is -0.490 e. The Balaban J connectivity index is 1.86. The number of methoxy groups -OCH3 is 1. The molecule has 0 fully saturated rings. The molecule has 2 heterocycles. The molecule has 0 amide bonds. The summed E-state index contributed by atoms with van der Waals surface area (Å²) < 4.78 is 18.6. The van der Waals surface area contributed by atoms with E-state index in [4.69, 9.17) is 14.2 Å². The van der Waals surface area contributed by atoms with E-state index in [0.29, 0.717) is 45.5 Å². The number of thiazole rings is 1. The van der Waals surface area contributed by atoms with Crippen LogP contribution < -0.4 is 24.4 Å². The van der Waals surface area contributed by atoms with Crippen molar-refractivity contribution >= 4 is 23.4 Å². The molecular weight excluding hydrogens is 476 g/mol. The maximum atomic E-state index is 13.7. The van der Waals surface area contributed by atoms with Crippen molar-refractivity contribution in [2.24, 2.45) is 4.99 Å². The van der Waals surface area contributed by atoms with Crippen LogP contribution in [0.2, 0.25) is 0 Å². The van der Waals surface area contributed by atoms with Gasteiger partial charge in [-0.1, -0.05) is 55.5 Å². The molecule has 8 heteroatoms. The summed E-state index contributed by atoms with van der Waals surface area (Å²) in [4.78, 5) is 31.3. The molecule has 36 heavy (non-hydrogen) atoms. The van der Waals surface area contributed by atoms with Crippen molar-refractivity contribution in [3.05, 3.63) is 90.6 Å². The Morgan fingerprint density at radius 1 is 1.08 bits per heavy atom. The van der Waals surface area contributed by atoms with Gasteiger partial charge in [0.1, 0.15) is 0 Å². The van der Waals surface area contributed by atoms with E-state index in [1.165, 1.54) is 30.2 Å². The Kier molecular flexibility index (Phi) is 7.74. The van der Waals surface area contributed by atoms with Gasteiger partial charge in [0.2, 0.25) is 0 Å². The van der Waals surface area contributed by atoms with Crippen LogP contribution in [0.5, 0.6) is 11.5 Å².